The van der Waals surface area contributed by atoms with E-state index < -0.39 is 0 Å². The van der Waals surface area contributed by atoms with E-state index in [1.807, 2.05) is 0 Å². The van der Waals surface area contributed by atoms with Gasteiger partial charge in [-0.15, -0.1) is 0 Å². The molecule has 82 valence electrons. The van der Waals surface area contributed by atoms with Gasteiger partial charge in [0, 0.05) is 0 Å². The zero-order chi connectivity index (χ0) is 11.4. The highest BCUT2D eigenvalue weighted by molar-refractivity contribution is 5.51. The predicted octanol–water partition coefficient (Wildman–Crippen LogP) is 4.65. The molecule has 2 aliphatic carbocycles. The minimum atomic E-state index is 1.03. The third kappa shape index (κ3) is 2.73. The summed E-state index contributed by atoms with van der Waals surface area (Å²) in [6.07, 6.45) is 20.0. The molecule has 0 fully saturated rings. The third-order valence-corrected chi connectivity index (χ3v) is 2.94. The Hall–Kier alpha value is -1.56. The fraction of sp³-hybridized carbons (Fsp3) is 0.250. The molecule has 0 aromatic rings. The smallest absolute Gasteiger partial charge is 0.0154 e. The molecule has 16 heavy (non-hydrogen) atoms. The van der Waals surface area contributed by atoms with E-state index in [1.54, 1.807) is 0 Å². The summed E-state index contributed by atoms with van der Waals surface area (Å²) >= 11 is 0. The van der Waals surface area contributed by atoms with Crippen molar-refractivity contribution in [3.63, 3.8) is 0 Å². The summed E-state index contributed by atoms with van der Waals surface area (Å²) in [7, 11) is 0. The van der Waals surface area contributed by atoms with Gasteiger partial charge in [-0.05, 0) is 37.8 Å². The lowest BCUT2D eigenvalue weighted by molar-refractivity contribution is 1.31. The summed E-state index contributed by atoms with van der Waals surface area (Å²) in [5.41, 5.74) is 5.37. The van der Waals surface area contributed by atoms with Gasteiger partial charge in [-0.25, -0.2) is 0 Å². The molecule has 0 saturated carbocycles. The van der Waals surface area contributed by atoms with Gasteiger partial charge < -0.3 is 0 Å². The molecule has 0 aromatic heterocycles. The Kier molecular flexibility index (Phi) is 3.40. The Morgan fingerprint density at radius 1 is 0.625 bits per heavy atom. The number of allylic oxidation sites excluding steroid dienone is 12. The van der Waals surface area contributed by atoms with E-state index in [1.165, 1.54) is 22.3 Å². The molecule has 0 bridgehead atoms. The summed E-state index contributed by atoms with van der Waals surface area (Å²) in [4.78, 5) is 0. The quantitative estimate of drug-likeness (QED) is 0.591. The monoisotopic (exact) mass is 210 g/mol. The lowest BCUT2D eigenvalue weighted by Crippen LogP contribution is -1.82. The molecule has 0 N–H and O–H groups in total. The number of rotatable bonds is 1. The summed E-state index contributed by atoms with van der Waals surface area (Å²) in [5, 5.41) is 0. The fourth-order valence-electron chi connectivity index (χ4n) is 1.89. The van der Waals surface area contributed by atoms with E-state index in [9.17, 15) is 0 Å². The van der Waals surface area contributed by atoms with Crippen molar-refractivity contribution in [2.45, 2.75) is 26.7 Å². The average Bonchev–Trinajstić information content (AvgIpc) is 2.59. The highest BCUT2D eigenvalue weighted by Gasteiger charge is 2.02. The number of hydrogen-bond acceptors (Lipinski definition) is 0. The zero-order valence-electron chi connectivity index (χ0n) is 10.0. The van der Waals surface area contributed by atoms with Crippen LogP contribution in [-0.2, 0) is 0 Å². The Morgan fingerprint density at radius 2 is 1.06 bits per heavy atom. The first-order chi connectivity index (χ1) is 7.75. The topological polar surface area (TPSA) is 0 Å². The minimum Gasteiger partial charge on any atom is -0.0778 e. The molecular weight excluding hydrogens is 192 g/mol. The summed E-state index contributed by atoms with van der Waals surface area (Å²) < 4.78 is 0. The molecule has 0 radical (unpaired) electrons. The molecular formula is C16H18. The molecule has 0 spiro atoms. The standard InChI is InChI=1S/C16H18/c1-13-5-3-7-15(11-9-13)16-8-4-6-14(2)10-12-16/h5-12H,3-4H2,1-2H3. The highest BCUT2D eigenvalue weighted by Crippen LogP contribution is 2.21. The molecule has 2 aliphatic rings. The maximum absolute atomic E-state index is 2.30. The first-order valence-corrected chi connectivity index (χ1v) is 5.86. The lowest BCUT2D eigenvalue weighted by atomic mass is 10.0. The molecule has 0 nitrogen and oxygen atoms in total. The molecule has 0 saturated heterocycles. The molecule has 0 unspecified atom stereocenters. The predicted molar refractivity (Wildman–Crippen MR) is 71.2 cm³/mol. The van der Waals surface area contributed by atoms with Crippen LogP contribution in [0.2, 0.25) is 0 Å². The number of hydrogen-bond donors (Lipinski definition) is 0. The normalized spacial score (nSPS) is 20.4. The van der Waals surface area contributed by atoms with Crippen LogP contribution in [0.4, 0.5) is 0 Å². The van der Waals surface area contributed by atoms with Gasteiger partial charge in [-0.1, -0.05) is 59.8 Å². The van der Waals surface area contributed by atoms with E-state index >= 15 is 0 Å². The highest BCUT2D eigenvalue weighted by atomic mass is 14.1. The first kappa shape index (κ1) is 10.9. The maximum Gasteiger partial charge on any atom is -0.0154 e. The van der Waals surface area contributed by atoms with Crippen molar-refractivity contribution < 1.29 is 0 Å². The van der Waals surface area contributed by atoms with Crippen LogP contribution >= 0.6 is 0 Å². The van der Waals surface area contributed by atoms with Crippen molar-refractivity contribution in [2.75, 3.05) is 0 Å². The Labute approximate surface area is 98.1 Å². The van der Waals surface area contributed by atoms with Gasteiger partial charge in [0.25, 0.3) is 0 Å². The second-order valence-electron chi connectivity index (χ2n) is 4.35. The van der Waals surface area contributed by atoms with Gasteiger partial charge >= 0.3 is 0 Å². The van der Waals surface area contributed by atoms with Crippen molar-refractivity contribution >= 4 is 0 Å². The Bertz CT molecular complexity index is 404. The largest absolute Gasteiger partial charge is 0.0778 e. The summed E-state index contributed by atoms with van der Waals surface area (Å²) in [6, 6.07) is 0. The minimum absolute atomic E-state index is 1.03. The van der Waals surface area contributed by atoms with Crippen molar-refractivity contribution in [2.24, 2.45) is 0 Å². The van der Waals surface area contributed by atoms with E-state index in [4.69, 9.17) is 0 Å². The summed E-state index contributed by atoms with van der Waals surface area (Å²) in [6.45, 7) is 4.30. The van der Waals surface area contributed by atoms with E-state index in [0.29, 0.717) is 0 Å². The maximum atomic E-state index is 2.30. The second kappa shape index (κ2) is 4.98. The fourth-order valence-corrected chi connectivity index (χ4v) is 1.89. The van der Waals surface area contributed by atoms with Crippen molar-refractivity contribution in [3.05, 3.63) is 70.9 Å². The van der Waals surface area contributed by atoms with Crippen molar-refractivity contribution in [1.82, 2.24) is 0 Å². The van der Waals surface area contributed by atoms with Crippen LogP contribution in [0, 0.1) is 0 Å². The van der Waals surface area contributed by atoms with Gasteiger partial charge in [0.05, 0.1) is 0 Å². The zero-order valence-corrected chi connectivity index (χ0v) is 10.0. The van der Waals surface area contributed by atoms with Crippen LogP contribution in [-0.4, -0.2) is 0 Å². The van der Waals surface area contributed by atoms with E-state index in [0.717, 1.165) is 12.8 Å². The molecule has 0 aromatic carbocycles. The van der Waals surface area contributed by atoms with Gasteiger partial charge in [-0.2, -0.15) is 0 Å². The van der Waals surface area contributed by atoms with Gasteiger partial charge in [0.2, 0.25) is 0 Å². The average molecular weight is 210 g/mol. The Morgan fingerprint density at radius 3 is 1.50 bits per heavy atom. The van der Waals surface area contributed by atoms with Crippen LogP contribution in [0.15, 0.2) is 70.9 Å². The Balaban J connectivity index is 2.21. The third-order valence-electron chi connectivity index (χ3n) is 2.94. The molecule has 0 aliphatic heterocycles. The molecule has 0 amide bonds. The lowest BCUT2D eigenvalue weighted by Gasteiger charge is -2.01. The molecule has 0 heterocycles. The van der Waals surface area contributed by atoms with Gasteiger partial charge in [0.1, 0.15) is 0 Å². The SMILES string of the molecule is CC1=CCC=C(C2=CCC=C(C)C=C2)C=C1. The van der Waals surface area contributed by atoms with E-state index in [2.05, 4.69) is 62.5 Å². The molecule has 2 rings (SSSR count). The van der Waals surface area contributed by atoms with Crippen molar-refractivity contribution in [3.8, 4) is 0 Å². The van der Waals surface area contributed by atoms with Gasteiger partial charge in [0.15, 0.2) is 0 Å². The molecule has 0 atom stereocenters. The van der Waals surface area contributed by atoms with Crippen LogP contribution in [0.25, 0.3) is 0 Å². The van der Waals surface area contributed by atoms with Crippen molar-refractivity contribution in [1.29, 1.82) is 0 Å². The van der Waals surface area contributed by atoms with E-state index in [-0.39, 0.29) is 0 Å². The summed E-state index contributed by atoms with van der Waals surface area (Å²) in [5.74, 6) is 0. The van der Waals surface area contributed by atoms with Gasteiger partial charge in [-0.3, -0.25) is 0 Å². The van der Waals surface area contributed by atoms with Crippen LogP contribution in [0.1, 0.15) is 26.7 Å². The van der Waals surface area contributed by atoms with Crippen LogP contribution < -0.4 is 0 Å². The second-order valence-corrected chi connectivity index (χ2v) is 4.35. The van der Waals surface area contributed by atoms with Crippen LogP contribution in [0.5, 0.6) is 0 Å². The van der Waals surface area contributed by atoms with Crippen LogP contribution in [0.3, 0.4) is 0 Å². The molecule has 0 heteroatoms. The first-order valence-electron chi connectivity index (χ1n) is 5.86.